The molecule has 6 aromatic carbocycles. The quantitative estimate of drug-likeness (QED) is 0.124. The van der Waals surface area contributed by atoms with Crippen LogP contribution in [0.2, 0.25) is 0 Å². The number of fused-ring (bicyclic) bond motifs is 3. The maximum absolute atomic E-state index is 4.29. The first-order valence-corrected chi connectivity index (χ1v) is 19.0. The zero-order valence-corrected chi connectivity index (χ0v) is 31.8. The molecule has 8 rings (SSSR count). The predicted molar refractivity (Wildman–Crippen MR) is 240 cm³/mol. The molecule has 0 aliphatic heterocycles. The summed E-state index contributed by atoms with van der Waals surface area (Å²) in [5, 5.41) is 2.38. The van der Waals surface area contributed by atoms with Crippen LogP contribution in [0.1, 0.15) is 19.4 Å². The number of rotatable bonds is 11. The van der Waals surface area contributed by atoms with Gasteiger partial charge in [-0.2, -0.15) is 0 Å². The molecule has 0 bridgehead atoms. The van der Waals surface area contributed by atoms with E-state index in [4.69, 9.17) is 0 Å². The number of pyridine rings is 1. The average Bonchev–Trinajstić information content (AvgIpc) is 3.60. The van der Waals surface area contributed by atoms with Crippen molar-refractivity contribution in [3.8, 4) is 39.1 Å². The van der Waals surface area contributed by atoms with Crippen LogP contribution >= 0.6 is 0 Å². The minimum atomic E-state index is 1.00. The first-order valence-electron chi connectivity index (χ1n) is 19.0. The van der Waals surface area contributed by atoms with E-state index in [9.17, 15) is 0 Å². The molecular formula is C53H43N3. The van der Waals surface area contributed by atoms with Crippen molar-refractivity contribution in [2.75, 3.05) is 4.90 Å². The number of benzene rings is 6. The summed E-state index contributed by atoms with van der Waals surface area (Å²) >= 11 is 0. The molecule has 270 valence electrons. The normalized spacial score (nSPS) is 12.0. The van der Waals surface area contributed by atoms with Gasteiger partial charge in [-0.05, 0) is 132 Å². The number of aromatic nitrogens is 2. The van der Waals surface area contributed by atoms with E-state index in [1.165, 1.54) is 27.5 Å². The Hall–Kier alpha value is -7.23. The van der Waals surface area contributed by atoms with Gasteiger partial charge < -0.3 is 9.47 Å². The van der Waals surface area contributed by atoms with Gasteiger partial charge in [0.25, 0.3) is 0 Å². The van der Waals surface area contributed by atoms with Crippen molar-refractivity contribution in [2.45, 2.75) is 13.8 Å². The maximum atomic E-state index is 4.29. The topological polar surface area (TPSA) is 21.1 Å². The second-order valence-electron chi connectivity index (χ2n) is 13.6. The Labute approximate surface area is 329 Å². The number of hydrogen-bond acceptors (Lipinski definition) is 2. The summed E-state index contributed by atoms with van der Waals surface area (Å²) in [6, 6.07) is 54.4. The molecule has 3 heteroatoms. The predicted octanol–water partition coefficient (Wildman–Crippen LogP) is 14.6. The molecule has 0 N–H and O–H groups in total. The van der Waals surface area contributed by atoms with Crippen LogP contribution in [0.3, 0.4) is 0 Å². The minimum Gasteiger partial charge on any atom is -0.311 e. The number of nitrogens with zero attached hydrogens (tertiary/aromatic N) is 3. The lowest BCUT2D eigenvalue weighted by atomic mass is 9.94. The Morgan fingerprint density at radius 1 is 0.571 bits per heavy atom. The van der Waals surface area contributed by atoms with Gasteiger partial charge in [0.05, 0.1) is 11.0 Å². The molecule has 0 atom stereocenters. The number of anilines is 2. The first-order chi connectivity index (χ1) is 27.6. The zero-order chi connectivity index (χ0) is 38.4. The van der Waals surface area contributed by atoms with Crippen molar-refractivity contribution in [2.24, 2.45) is 0 Å². The van der Waals surface area contributed by atoms with Crippen LogP contribution in [0, 0.1) is 0 Å². The van der Waals surface area contributed by atoms with Gasteiger partial charge in [0.2, 0.25) is 0 Å². The molecule has 0 amide bonds. The molecule has 2 aromatic heterocycles. The number of allylic oxidation sites excluding steroid dienone is 7. The van der Waals surface area contributed by atoms with Crippen molar-refractivity contribution < 1.29 is 0 Å². The van der Waals surface area contributed by atoms with Crippen LogP contribution in [-0.4, -0.2) is 9.55 Å². The van der Waals surface area contributed by atoms with Crippen molar-refractivity contribution in [3.05, 3.63) is 225 Å². The molecule has 0 saturated heterocycles. The molecule has 8 aromatic rings. The fraction of sp³-hybridized carbons (Fsp3) is 0.0377. The van der Waals surface area contributed by atoms with E-state index in [-0.39, 0.29) is 0 Å². The standard InChI is InChI=1S/C53H43N3/c1-5-9-16-38(6-2)49-36-44(40-19-14-11-15-20-40)37-51-50-35-43(39-17-12-10-13-18-39)23-30-52(50)56(53(49)51)48-28-26-47(27-29-48)55(45(7-3)8-4)46-24-21-41(22-25-46)42-31-33-54-34-32-42/h5-37H,2-3H2,1,4H3/b9-5-,38-16+,45-8+. The average molecular weight is 722 g/mol. The molecule has 0 saturated carbocycles. The van der Waals surface area contributed by atoms with E-state index in [0.29, 0.717) is 0 Å². The Kier molecular flexibility index (Phi) is 10.2. The Morgan fingerprint density at radius 3 is 1.75 bits per heavy atom. The summed E-state index contributed by atoms with van der Waals surface area (Å²) < 4.78 is 2.41. The molecule has 0 fully saturated rings. The molecule has 2 heterocycles. The molecular weight excluding hydrogens is 679 g/mol. The largest absolute Gasteiger partial charge is 0.311 e. The van der Waals surface area contributed by atoms with Crippen molar-refractivity contribution in [3.63, 3.8) is 0 Å². The summed E-state index contributed by atoms with van der Waals surface area (Å²) in [5.74, 6) is 0. The van der Waals surface area contributed by atoms with Gasteiger partial charge >= 0.3 is 0 Å². The van der Waals surface area contributed by atoms with E-state index >= 15 is 0 Å². The lowest BCUT2D eigenvalue weighted by molar-refractivity contribution is 1.16. The van der Waals surface area contributed by atoms with Gasteiger partial charge in [0.1, 0.15) is 0 Å². The smallest absolute Gasteiger partial charge is 0.0619 e. The van der Waals surface area contributed by atoms with Crippen LogP contribution < -0.4 is 4.90 Å². The molecule has 0 unspecified atom stereocenters. The van der Waals surface area contributed by atoms with Gasteiger partial charge in [-0.15, -0.1) is 0 Å². The monoisotopic (exact) mass is 721 g/mol. The van der Waals surface area contributed by atoms with Crippen molar-refractivity contribution in [1.82, 2.24) is 9.55 Å². The van der Waals surface area contributed by atoms with E-state index in [1.807, 2.05) is 43.6 Å². The second kappa shape index (κ2) is 16.0. The summed E-state index contributed by atoms with van der Waals surface area (Å²) in [4.78, 5) is 6.43. The van der Waals surface area contributed by atoms with Crippen LogP contribution in [0.5, 0.6) is 0 Å². The second-order valence-corrected chi connectivity index (χ2v) is 13.6. The summed E-state index contributed by atoms with van der Waals surface area (Å²) in [6.45, 7) is 12.6. The van der Waals surface area contributed by atoms with E-state index in [1.54, 1.807) is 0 Å². The van der Waals surface area contributed by atoms with Gasteiger partial charge in [-0.25, -0.2) is 0 Å². The SMILES string of the molecule is C=C/C(=C\C=C/C)c1cc(-c2ccccc2)cc2c3cc(-c4ccccc4)ccc3n(-c3ccc(N(/C(C=C)=C/C)c4ccc(-c5ccncc5)cc4)cc3)c12. The van der Waals surface area contributed by atoms with Crippen LogP contribution in [0.15, 0.2) is 219 Å². The highest BCUT2D eigenvalue weighted by Gasteiger charge is 2.20. The molecule has 0 aliphatic carbocycles. The highest BCUT2D eigenvalue weighted by molar-refractivity contribution is 6.15. The molecule has 56 heavy (non-hydrogen) atoms. The summed E-state index contributed by atoms with van der Waals surface area (Å²) in [6.07, 6.45) is 15.9. The van der Waals surface area contributed by atoms with E-state index < -0.39 is 0 Å². The van der Waals surface area contributed by atoms with Crippen LogP contribution in [0.4, 0.5) is 11.4 Å². The number of hydrogen-bond donors (Lipinski definition) is 0. The highest BCUT2D eigenvalue weighted by atomic mass is 15.1. The molecule has 0 spiro atoms. The highest BCUT2D eigenvalue weighted by Crippen LogP contribution is 2.42. The van der Waals surface area contributed by atoms with Crippen LogP contribution in [0.25, 0.3) is 66.4 Å². The van der Waals surface area contributed by atoms with Crippen molar-refractivity contribution >= 4 is 38.8 Å². The first kappa shape index (κ1) is 35.8. The maximum Gasteiger partial charge on any atom is 0.0619 e. The van der Waals surface area contributed by atoms with Gasteiger partial charge in [0, 0.05) is 51.5 Å². The Balaban J connectivity index is 1.34. The fourth-order valence-corrected chi connectivity index (χ4v) is 7.59. The third kappa shape index (κ3) is 6.83. The minimum absolute atomic E-state index is 1.00. The van der Waals surface area contributed by atoms with Crippen LogP contribution in [-0.2, 0) is 0 Å². The van der Waals surface area contributed by atoms with E-state index in [0.717, 1.165) is 61.6 Å². The third-order valence-electron chi connectivity index (χ3n) is 10.3. The fourth-order valence-electron chi connectivity index (χ4n) is 7.59. The van der Waals surface area contributed by atoms with Gasteiger partial charge in [-0.1, -0.05) is 122 Å². The zero-order valence-electron chi connectivity index (χ0n) is 31.8. The molecule has 0 radical (unpaired) electrons. The van der Waals surface area contributed by atoms with Crippen molar-refractivity contribution in [1.29, 1.82) is 0 Å². The van der Waals surface area contributed by atoms with Gasteiger partial charge in [0.15, 0.2) is 0 Å². The molecule has 3 nitrogen and oxygen atoms in total. The lowest BCUT2D eigenvalue weighted by Crippen LogP contribution is -2.15. The summed E-state index contributed by atoms with van der Waals surface area (Å²) in [5.41, 5.74) is 15.6. The third-order valence-corrected chi connectivity index (χ3v) is 10.3. The Bertz CT molecular complexity index is 2750. The summed E-state index contributed by atoms with van der Waals surface area (Å²) in [7, 11) is 0. The van der Waals surface area contributed by atoms with E-state index in [2.05, 4.69) is 198 Å². The molecule has 0 aliphatic rings. The Morgan fingerprint density at radius 2 is 1.14 bits per heavy atom. The van der Waals surface area contributed by atoms with Gasteiger partial charge in [-0.3, -0.25) is 4.98 Å². The lowest BCUT2D eigenvalue weighted by Gasteiger charge is -2.27.